The number of amides is 3. The standard InChI is InChI=1S/C44H60N8O6/c1-28(2)21-35-42-51-50-41(52(42)27-37(47-35)32-16-9-6-10-17-32)33(23-31-15-11-19-45-26-31)43(57)49-39(54)25-38(53)34(24-30-13-7-5-8-14-30)48-44(58)36(22-29(3)4)46-20-12-18-40(55)56/h6,9-11,15-17,19,26-30,33-34,36,38,46,53H,5,7-8,12-14,18,20-25H2,1-4H3,(H,48,58)(H,55,56)(H,49,54,57)/t33?,34-,36?,38-/m0/s1. The predicted octanol–water partition coefficient (Wildman–Crippen LogP) is 5.43. The van der Waals surface area contributed by atoms with Gasteiger partial charge in [-0.15, -0.1) is 10.2 Å². The Labute approximate surface area is 341 Å². The van der Waals surface area contributed by atoms with Gasteiger partial charge >= 0.3 is 5.97 Å². The maximum atomic E-state index is 14.3. The highest BCUT2D eigenvalue weighted by atomic mass is 16.4. The predicted molar refractivity (Wildman–Crippen MR) is 220 cm³/mol. The van der Waals surface area contributed by atoms with Crippen LogP contribution in [0.15, 0.2) is 61.1 Å². The van der Waals surface area contributed by atoms with Gasteiger partial charge in [0.1, 0.15) is 11.7 Å². The summed E-state index contributed by atoms with van der Waals surface area (Å²) in [6.07, 6.45) is 10.8. The van der Waals surface area contributed by atoms with Crippen molar-refractivity contribution in [3.8, 4) is 11.3 Å². The highest BCUT2D eigenvalue weighted by Crippen LogP contribution is 2.29. The number of nitrogens with one attached hydrogen (secondary N) is 3. The second kappa shape index (κ2) is 21.6. The van der Waals surface area contributed by atoms with Gasteiger partial charge in [-0.2, -0.15) is 0 Å². The van der Waals surface area contributed by atoms with E-state index < -0.39 is 48.3 Å². The molecule has 4 aromatic rings. The van der Waals surface area contributed by atoms with E-state index in [1.807, 2.05) is 56.4 Å². The molecule has 14 heteroatoms. The summed E-state index contributed by atoms with van der Waals surface area (Å²) in [6.45, 7) is 8.55. The fourth-order valence-corrected chi connectivity index (χ4v) is 7.79. The summed E-state index contributed by atoms with van der Waals surface area (Å²) in [4.78, 5) is 62.0. The largest absolute Gasteiger partial charge is 0.481 e. The van der Waals surface area contributed by atoms with Crippen molar-refractivity contribution in [1.82, 2.24) is 40.5 Å². The first-order valence-electron chi connectivity index (χ1n) is 20.8. The van der Waals surface area contributed by atoms with Gasteiger partial charge in [0.05, 0.1) is 36.0 Å². The first-order chi connectivity index (χ1) is 27.9. The molecular formula is C44H60N8O6. The number of carbonyl (C=O) groups is 4. The lowest BCUT2D eigenvalue weighted by Crippen LogP contribution is -2.53. The monoisotopic (exact) mass is 796 g/mol. The molecule has 1 fully saturated rings. The molecule has 1 aromatic carbocycles. The normalized spacial score (nSPS) is 15.6. The van der Waals surface area contributed by atoms with E-state index in [-0.39, 0.29) is 36.5 Å². The number of imide groups is 1. The van der Waals surface area contributed by atoms with Gasteiger partial charge in [-0.25, -0.2) is 4.98 Å². The van der Waals surface area contributed by atoms with Crippen molar-refractivity contribution in [3.05, 3.63) is 78.1 Å². The number of nitrogens with zero attached hydrogens (tertiary/aromatic N) is 5. The number of benzene rings is 1. The third kappa shape index (κ3) is 13.0. The molecule has 0 spiro atoms. The van der Waals surface area contributed by atoms with Gasteiger partial charge in [0.2, 0.25) is 17.7 Å². The van der Waals surface area contributed by atoms with Crippen molar-refractivity contribution in [2.75, 3.05) is 6.54 Å². The molecule has 3 heterocycles. The van der Waals surface area contributed by atoms with E-state index in [2.05, 4.69) is 45.0 Å². The number of fused-ring (bicyclic) bond motifs is 1. The zero-order valence-electron chi connectivity index (χ0n) is 34.3. The molecule has 0 aliphatic heterocycles. The average Bonchev–Trinajstić information content (AvgIpc) is 3.62. The molecule has 4 atom stereocenters. The van der Waals surface area contributed by atoms with E-state index >= 15 is 0 Å². The summed E-state index contributed by atoms with van der Waals surface area (Å²) >= 11 is 0. The zero-order chi connectivity index (χ0) is 41.6. The fourth-order valence-electron chi connectivity index (χ4n) is 7.79. The van der Waals surface area contributed by atoms with Crippen LogP contribution >= 0.6 is 0 Å². The van der Waals surface area contributed by atoms with Gasteiger partial charge in [0.15, 0.2) is 5.65 Å². The lowest BCUT2D eigenvalue weighted by molar-refractivity contribution is -0.137. The molecular weight excluding hydrogens is 737 g/mol. The average molecular weight is 797 g/mol. The van der Waals surface area contributed by atoms with Crippen LogP contribution in [0.3, 0.4) is 0 Å². The number of carboxylic acid groups (broad SMARTS) is 1. The third-order valence-electron chi connectivity index (χ3n) is 10.7. The highest BCUT2D eigenvalue weighted by Gasteiger charge is 2.33. The second-order valence-corrected chi connectivity index (χ2v) is 16.6. The Balaban J connectivity index is 1.38. The van der Waals surface area contributed by atoms with E-state index in [0.717, 1.165) is 48.9 Å². The zero-order valence-corrected chi connectivity index (χ0v) is 34.3. The summed E-state index contributed by atoms with van der Waals surface area (Å²) in [5.74, 6) is -2.40. The third-order valence-corrected chi connectivity index (χ3v) is 10.7. The number of hydrogen-bond acceptors (Lipinski definition) is 10. The van der Waals surface area contributed by atoms with Crippen LogP contribution in [0.4, 0.5) is 0 Å². The van der Waals surface area contributed by atoms with Gasteiger partial charge < -0.3 is 20.8 Å². The first kappa shape index (κ1) is 44.0. The van der Waals surface area contributed by atoms with Crippen molar-refractivity contribution < 1.29 is 29.4 Å². The van der Waals surface area contributed by atoms with Crippen molar-refractivity contribution in [3.63, 3.8) is 0 Å². The Kier molecular flexibility index (Phi) is 16.4. The van der Waals surface area contributed by atoms with E-state index in [1.54, 1.807) is 22.9 Å². The van der Waals surface area contributed by atoms with Gasteiger partial charge in [-0.3, -0.25) is 33.9 Å². The molecule has 1 aliphatic carbocycles. The fraction of sp³-hybridized carbons (Fsp3) is 0.545. The Hall–Kier alpha value is -5.08. The van der Waals surface area contributed by atoms with Crippen LogP contribution in [0.5, 0.6) is 0 Å². The number of aliphatic hydroxyl groups is 1. The van der Waals surface area contributed by atoms with E-state index in [1.165, 1.54) is 0 Å². The van der Waals surface area contributed by atoms with Crippen molar-refractivity contribution >= 4 is 29.3 Å². The number of pyridine rings is 1. The Morgan fingerprint density at radius 2 is 1.67 bits per heavy atom. The molecule has 2 unspecified atom stereocenters. The summed E-state index contributed by atoms with van der Waals surface area (Å²) in [5, 5.41) is 38.5. The number of aliphatic carboxylic acids is 1. The van der Waals surface area contributed by atoms with Crippen LogP contribution in [0.25, 0.3) is 16.9 Å². The molecule has 58 heavy (non-hydrogen) atoms. The molecule has 5 N–H and O–H groups in total. The first-order valence-corrected chi connectivity index (χ1v) is 20.8. The molecule has 312 valence electrons. The molecule has 3 amide bonds. The van der Waals surface area contributed by atoms with Crippen LogP contribution in [0.1, 0.15) is 115 Å². The van der Waals surface area contributed by atoms with Crippen molar-refractivity contribution in [2.24, 2.45) is 17.8 Å². The van der Waals surface area contributed by atoms with Gasteiger partial charge in [0, 0.05) is 30.6 Å². The smallest absolute Gasteiger partial charge is 0.303 e. The van der Waals surface area contributed by atoms with Gasteiger partial charge in [-0.1, -0.05) is 96.2 Å². The molecule has 5 rings (SSSR count). The summed E-state index contributed by atoms with van der Waals surface area (Å²) < 4.78 is 1.80. The Bertz CT molecular complexity index is 1950. The maximum absolute atomic E-state index is 14.3. The minimum Gasteiger partial charge on any atom is -0.481 e. The lowest BCUT2D eigenvalue weighted by Gasteiger charge is -2.31. The minimum absolute atomic E-state index is 0.0125. The SMILES string of the molecule is CC(C)Cc1nc(-c2ccccc2)cn2c(C(Cc3cccnc3)C(=O)NC(=O)C[C@H](O)[C@H](CC3CCCCC3)NC(=O)C(CC(C)C)NCCCC(=O)O)nnc12. The van der Waals surface area contributed by atoms with Crippen LogP contribution < -0.4 is 16.0 Å². The van der Waals surface area contributed by atoms with Crippen molar-refractivity contribution in [1.29, 1.82) is 0 Å². The number of aliphatic hydroxyl groups excluding tert-OH is 1. The molecule has 0 radical (unpaired) electrons. The molecule has 0 saturated heterocycles. The van der Waals surface area contributed by atoms with E-state index in [4.69, 9.17) is 10.1 Å². The van der Waals surface area contributed by atoms with E-state index in [0.29, 0.717) is 49.4 Å². The number of carboxylic acids is 1. The summed E-state index contributed by atoms with van der Waals surface area (Å²) in [6, 6.07) is 12.0. The van der Waals surface area contributed by atoms with E-state index in [9.17, 15) is 24.3 Å². The molecule has 0 bridgehead atoms. The van der Waals surface area contributed by atoms with Crippen LogP contribution in [-0.2, 0) is 32.0 Å². The Morgan fingerprint density at radius 3 is 2.34 bits per heavy atom. The second-order valence-electron chi connectivity index (χ2n) is 16.6. The highest BCUT2D eigenvalue weighted by molar-refractivity contribution is 5.98. The Morgan fingerprint density at radius 1 is 0.914 bits per heavy atom. The van der Waals surface area contributed by atoms with Crippen molar-refractivity contribution in [2.45, 2.75) is 129 Å². The quantitative estimate of drug-likeness (QED) is 0.0674. The van der Waals surface area contributed by atoms with Crippen LogP contribution in [0, 0.1) is 17.8 Å². The minimum atomic E-state index is -1.27. The topological polar surface area (TPSA) is 201 Å². The number of carbonyl (C=O) groups excluding carboxylic acids is 3. The molecule has 3 aromatic heterocycles. The number of hydrogen-bond donors (Lipinski definition) is 5. The number of rotatable bonds is 21. The summed E-state index contributed by atoms with van der Waals surface area (Å²) in [7, 11) is 0. The molecule has 14 nitrogen and oxygen atoms in total. The lowest BCUT2D eigenvalue weighted by atomic mass is 9.83. The summed E-state index contributed by atoms with van der Waals surface area (Å²) in [5.41, 5.74) is 3.62. The maximum Gasteiger partial charge on any atom is 0.303 e. The van der Waals surface area contributed by atoms with Crippen LogP contribution in [0.2, 0.25) is 0 Å². The molecule has 1 aliphatic rings. The molecule has 1 saturated carbocycles. The number of aromatic nitrogens is 5. The van der Waals surface area contributed by atoms with Gasteiger partial charge in [0.25, 0.3) is 0 Å². The van der Waals surface area contributed by atoms with Gasteiger partial charge in [-0.05, 0) is 68.0 Å². The van der Waals surface area contributed by atoms with Crippen LogP contribution in [-0.4, -0.2) is 83.2 Å².